The number of furan rings is 1. The molecular weight excluding hydrogens is 410 g/mol. The molecular formula is C22H25N7O3. The molecule has 1 saturated heterocycles. The molecule has 1 aliphatic rings. The number of aryl methyl sites for hydroxylation is 1. The fourth-order valence-electron chi connectivity index (χ4n) is 4.28. The van der Waals surface area contributed by atoms with Crippen LogP contribution < -0.4 is 10.2 Å². The largest absolute Gasteiger partial charge is 0.465 e. The number of carbonyl (C=O) groups is 1. The molecule has 0 radical (unpaired) electrons. The van der Waals surface area contributed by atoms with Crippen molar-refractivity contribution in [2.24, 2.45) is 13.0 Å². The van der Waals surface area contributed by atoms with Gasteiger partial charge in [0, 0.05) is 50.9 Å². The lowest BCUT2D eigenvalue weighted by Crippen LogP contribution is -2.39. The Labute approximate surface area is 184 Å². The van der Waals surface area contributed by atoms with Crippen LogP contribution in [0.25, 0.3) is 22.0 Å². The van der Waals surface area contributed by atoms with Gasteiger partial charge >= 0.3 is 6.09 Å². The number of rotatable bonds is 5. The zero-order valence-corrected chi connectivity index (χ0v) is 18.0. The van der Waals surface area contributed by atoms with Gasteiger partial charge in [-0.2, -0.15) is 10.1 Å². The van der Waals surface area contributed by atoms with Gasteiger partial charge < -0.3 is 24.6 Å². The summed E-state index contributed by atoms with van der Waals surface area (Å²) >= 11 is 0. The predicted molar refractivity (Wildman–Crippen MR) is 121 cm³/mol. The summed E-state index contributed by atoms with van der Waals surface area (Å²) in [5, 5.41) is 17.8. The molecule has 10 nitrogen and oxygen atoms in total. The summed E-state index contributed by atoms with van der Waals surface area (Å²) in [6.07, 6.45) is 4.36. The van der Waals surface area contributed by atoms with Crippen LogP contribution in [-0.2, 0) is 7.05 Å². The van der Waals surface area contributed by atoms with Crippen molar-refractivity contribution in [3.63, 3.8) is 0 Å². The maximum Gasteiger partial charge on any atom is 0.407 e. The molecule has 166 valence electrons. The van der Waals surface area contributed by atoms with E-state index in [1.165, 1.54) is 4.90 Å². The van der Waals surface area contributed by atoms with Gasteiger partial charge in [-0.05, 0) is 37.0 Å². The van der Waals surface area contributed by atoms with Gasteiger partial charge in [0.15, 0.2) is 11.4 Å². The van der Waals surface area contributed by atoms with Crippen LogP contribution in [0.1, 0.15) is 12.8 Å². The first-order chi connectivity index (χ1) is 15.5. The number of carboxylic acid groups (broad SMARTS) is 1. The highest BCUT2D eigenvalue weighted by Gasteiger charge is 2.25. The van der Waals surface area contributed by atoms with Crippen molar-refractivity contribution in [2.45, 2.75) is 12.8 Å². The van der Waals surface area contributed by atoms with E-state index in [4.69, 9.17) is 14.5 Å². The Bertz CT molecular complexity index is 1270. The predicted octanol–water partition coefficient (Wildman–Crippen LogP) is 3.68. The van der Waals surface area contributed by atoms with Crippen LogP contribution in [0.2, 0.25) is 0 Å². The minimum Gasteiger partial charge on any atom is -0.465 e. The van der Waals surface area contributed by atoms with E-state index in [-0.39, 0.29) is 0 Å². The van der Waals surface area contributed by atoms with E-state index >= 15 is 0 Å². The maximum absolute atomic E-state index is 11.1. The van der Waals surface area contributed by atoms with Crippen LogP contribution in [0.15, 0.2) is 41.1 Å². The van der Waals surface area contributed by atoms with Gasteiger partial charge in [0.05, 0.1) is 18.0 Å². The minimum atomic E-state index is -0.888. The van der Waals surface area contributed by atoms with Crippen molar-refractivity contribution in [2.75, 3.05) is 36.9 Å². The molecule has 2 N–H and O–H groups in total. The number of anilines is 3. The fourth-order valence-corrected chi connectivity index (χ4v) is 4.28. The Morgan fingerprint density at radius 1 is 1.28 bits per heavy atom. The molecule has 4 aromatic rings. The average molecular weight is 435 g/mol. The summed E-state index contributed by atoms with van der Waals surface area (Å²) < 4.78 is 7.54. The van der Waals surface area contributed by atoms with Gasteiger partial charge in [0.1, 0.15) is 5.52 Å². The Hall–Kier alpha value is -3.82. The van der Waals surface area contributed by atoms with Crippen molar-refractivity contribution in [3.05, 3.63) is 36.7 Å². The van der Waals surface area contributed by atoms with Crippen molar-refractivity contribution in [3.8, 4) is 0 Å². The first-order valence-electron chi connectivity index (χ1n) is 10.6. The van der Waals surface area contributed by atoms with Crippen LogP contribution in [0.4, 0.5) is 22.2 Å². The zero-order valence-electron chi connectivity index (χ0n) is 18.0. The molecule has 1 fully saturated rings. The average Bonchev–Trinajstić information content (AvgIpc) is 3.40. The molecule has 0 spiro atoms. The number of nitrogens with zero attached hydrogens (tertiary/aromatic N) is 6. The molecule has 1 aliphatic heterocycles. The second kappa shape index (κ2) is 8.03. The monoisotopic (exact) mass is 435 g/mol. The number of benzene rings is 1. The molecule has 10 heteroatoms. The molecule has 0 atom stereocenters. The van der Waals surface area contributed by atoms with Crippen LogP contribution in [0, 0.1) is 5.92 Å². The Morgan fingerprint density at radius 3 is 2.88 bits per heavy atom. The Morgan fingerprint density at radius 2 is 2.09 bits per heavy atom. The SMILES string of the molecule is CN(CC1CCN(c2nc(Nc3ccc4c(cnn4C)c3)nc3ccoc23)CC1)C(=O)O. The number of fused-ring (bicyclic) bond motifs is 2. The summed E-state index contributed by atoms with van der Waals surface area (Å²) in [5.41, 5.74) is 3.35. The third-order valence-electron chi connectivity index (χ3n) is 6.06. The highest BCUT2D eigenvalue weighted by molar-refractivity contribution is 5.87. The normalized spacial score (nSPS) is 14.9. The lowest BCUT2D eigenvalue weighted by molar-refractivity contribution is 0.145. The molecule has 1 amide bonds. The van der Waals surface area contributed by atoms with Gasteiger partial charge in [-0.15, -0.1) is 0 Å². The van der Waals surface area contributed by atoms with Crippen LogP contribution >= 0.6 is 0 Å². The first-order valence-corrected chi connectivity index (χ1v) is 10.6. The standard InChI is InChI=1S/C22H25N7O3/c1-27(22(30)31)13-14-5-8-29(9-6-14)20-19-17(7-10-32-19)25-21(26-20)24-16-3-4-18-15(11-16)12-23-28(18)2/h3-4,7,10-12,14H,5-6,8-9,13H2,1-2H3,(H,30,31)(H,24,25,26). The van der Waals surface area contributed by atoms with Gasteiger partial charge in [0.25, 0.3) is 0 Å². The summed E-state index contributed by atoms with van der Waals surface area (Å²) in [7, 11) is 3.53. The van der Waals surface area contributed by atoms with Gasteiger partial charge in [-0.25, -0.2) is 9.78 Å². The number of amides is 1. The van der Waals surface area contributed by atoms with E-state index in [0.717, 1.165) is 53.9 Å². The third kappa shape index (κ3) is 3.79. The number of hydrogen-bond acceptors (Lipinski definition) is 7. The molecule has 0 unspecified atom stereocenters. The van der Waals surface area contributed by atoms with Crippen LogP contribution in [0.3, 0.4) is 0 Å². The molecule has 0 saturated carbocycles. The van der Waals surface area contributed by atoms with E-state index < -0.39 is 6.09 Å². The Balaban J connectivity index is 1.37. The number of nitrogens with one attached hydrogen (secondary N) is 1. The van der Waals surface area contributed by atoms with Crippen LogP contribution in [-0.4, -0.2) is 62.5 Å². The molecule has 5 rings (SSSR count). The maximum atomic E-state index is 11.1. The number of hydrogen-bond donors (Lipinski definition) is 2. The number of piperidine rings is 1. The quantitative estimate of drug-likeness (QED) is 0.488. The van der Waals surface area contributed by atoms with E-state index in [9.17, 15) is 4.79 Å². The van der Waals surface area contributed by atoms with Gasteiger partial charge in [0.2, 0.25) is 5.95 Å². The lowest BCUT2D eigenvalue weighted by Gasteiger charge is -2.34. The molecule has 3 aromatic heterocycles. The molecule has 32 heavy (non-hydrogen) atoms. The van der Waals surface area contributed by atoms with Crippen LogP contribution in [0.5, 0.6) is 0 Å². The molecule has 0 aliphatic carbocycles. The smallest absolute Gasteiger partial charge is 0.407 e. The Kier molecular flexibility index (Phi) is 5.04. The fraction of sp³-hybridized carbons (Fsp3) is 0.364. The summed E-state index contributed by atoms with van der Waals surface area (Å²) in [4.78, 5) is 24.0. The third-order valence-corrected chi connectivity index (χ3v) is 6.06. The molecule has 1 aromatic carbocycles. The lowest BCUT2D eigenvalue weighted by atomic mass is 9.96. The molecule has 4 heterocycles. The van der Waals surface area contributed by atoms with E-state index in [0.29, 0.717) is 24.0 Å². The number of aromatic nitrogens is 4. The van der Waals surface area contributed by atoms with E-state index in [2.05, 4.69) is 20.3 Å². The van der Waals surface area contributed by atoms with Crippen molar-refractivity contribution in [1.29, 1.82) is 0 Å². The summed E-state index contributed by atoms with van der Waals surface area (Å²) in [6, 6.07) is 7.86. The second-order valence-electron chi connectivity index (χ2n) is 8.27. The zero-order chi connectivity index (χ0) is 22.2. The molecule has 0 bridgehead atoms. The first kappa shape index (κ1) is 20.1. The highest BCUT2D eigenvalue weighted by atomic mass is 16.4. The minimum absolute atomic E-state index is 0.338. The van der Waals surface area contributed by atoms with E-state index in [1.807, 2.05) is 42.2 Å². The second-order valence-corrected chi connectivity index (χ2v) is 8.27. The highest BCUT2D eigenvalue weighted by Crippen LogP contribution is 2.31. The summed E-state index contributed by atoms with van der Waals surface area (Å²) in [5.74, 6) is 1.60. The topological polar surface area (TPSA) is 113 Å². The van der Waals surface area contributed by atoms with Crippen molar-refractivity contribution >= 4 is 45.5 Å². The van der Waals surface area contributed by atoms with Gasteiger partial charge in [-0.3, -0.25) is 4.68 Å². The van der Waals surface area contributed by atoms with Crippen molar-refractivity contribution in [1.82, 2.24) is 24.6 Å². The van der Waals surface area contributed by atoms with E-state index in [1.54, 1.807) is 13.3 Å². The van der Waals surface area contributed by atoms with Crippen molar-refractivity contribution < 1.29 is 14.3 Å². The summed E-state index contributed by atoms with van der Waals surface area (Å²) in [6.45, 7) is 2.12. The van der Waals surface area contributed by atoms with Gasteiger partial charge in [-0.1, -0.05) is 0 Å².